The first-order chi connectivity index (χ1) is 13.3. The van der Waals surface area contributed by atoms with Crippen LogP contribution in [0.15, 0.2) is 47.4 Å². The van der Waals surface area contributed by atoms with Gasteiger partial charge < -0.3 is 5.32 Å². The Morgan fingerprint density at radius 3 is 2.43 bits per heavy atom. The topological polar surface area (TPSA) is 32.3 Å². The molecule has 150 valence electrons. The molecule has 1 aliphatic heterocycles. The summed E-state index contributed by atoms with van der Waals surface area (Å²) in [5.74, 6) is -0.0420. The summed E-state index contributed by atoms with van der Waals surface area (Å²) in [6.45, 7) is 8.56. The van der Waals surface area contributed by atoms with Gasteiger partial charge in [-0.05, 0) is 76.2 Å². The van der Waals surface area contributed by atoms with Crippen LogP contribution in [-0.2, 0) is 0 Å². The summed E-state index contributed by atoms with van der Waals surface area (Å²) < 4.78 is 0. The van der Waals surface area contributed by atoms with Crippen molar-refractivity contribution in [2.24, 2.45) is 0 Å². The van der Waals surface area contributed by atoms with Gasteiger partial charge in [-0.15, -0.1) is 11.8 Å². The highest BCUT2D eigenvalue weighted by Crippen LogP contribution is 2.35. The Bertz CT molecular complexity index is 832. The molecule has 1 amide bonds. The number of amides is 1. The van der Waals surface area contributed by atoms with Gasteiger partial charge in [0.05, 0.1) is 11.6 Å². The van der Waals surface area contributed by atoms with E-state index in [4.69, 9.17) is 11.6 Å². The van der Waals surface area contributed by atoms with Gasteiger partial charge in [0.15, 0.2) is 0 Å². The minimum absolute atomic E-state index is 0.0420. The van der Waals surface area contributed by atoms with E-state index < -0.39 is 0 Å². The molecule has 0 aliphatic carbocycles. The van der Waals surface area contributed by atoms with E-state index in [1.807, 2.05) is 43.5 Å². The van der Waals surface area contributed by atoms with Gasteiger partial charge in [-0.3, -0.25) is 9.69 Å². The average Bonchev–Trinajstić information content (AvgIpc) is 3.21. The number of nitrogens with one attached hydrogen (secondary N) is 1. The monoisotopic (exact) mass is 416 g/mol. The van der Waals surface area contributed by atoms with Gasteiger partial charge in [0.1, 0.15) is 0 Å². The molecule has 0 bridgehead atoms. The van der Waals surface area contributed by atoms with Gasteiger partial charge >= 0.3 is 0 Å². The molecular weight excluding hydrogens is 388 g/mol. The Balaban J connectivity index is 1.98. The molecule has 1 N–H and O–H groups in total. The molecule has 0 saturated carbocycles. The van der Waals surface area contributed by atoms with Gasteiger partial charge in [-0.2, -0.15) is 0 Å². The Labute approximate surface area is 177 Å². The largest absolute Gasteiger partial charge is 0.343 e. The second kappa shape index (κ2) is 8.89. The molecule has 0 radical (unpaired) electrons. The summed E-state index contributed by atoms with van der Waals surface area (Å²) in [5.41, 5.74) is 2.56. The quantitative estimate of drug-likeness (QED) is 0.611. The Morgan fingerprint density at radius 2 is 1.82 bits per heavy atom. The summed E-state index contributed by atoms with van der Waals surface area (Å²) in [4.78, 5) is 16.8. The number of nitrogens with zero attached hydrogens (tertiary/aromatic N) is 1. The van der Waals surface area contributed by atoms with Gasteiger partial charge in [0, 0.05) is 15.5 Å². The van der Waals surface area contributed by atoms with Crippen molar-refractivity contribution in [1.82, 2.24) is 10.2 Å². The van der Waals surface area contributed by atoms with E-state index in [0.717, 1.165) is 34.7 Å². The summed E-state index contributed by atoms with van der Waals surface area (Å²) in [5, 5.41) is 4.03. The molecular formula is C23H29ClN2OS. The third-order valence-corrected chi connectivity index (χ3v) is 6.73. The third-order valence-electron chi connectivity index (χ3n) is 5.75. The summed E-state index contributed by atoms with van der Waals surface area (Å²) >= 11 is 7.77. The average molecular weight is 417 g/mol. The van der Waals surface area contributed by atoms with Crippen LogP contribution in [0.2, 0.25) is 5.02 Å². The third kappa shape index (κ3) is 4.40. The molecule has 3 nitrogen and oxygen atoms in total. The first kappa shape index (κ1) is 21.2. The van der Waals surface area contributed by atoms with Crippen molar-refractivity contribution in [1.29, 1.82) is 0 Å². The van der Waals surface area contributed by atoms with Crippen LogP contribution in [0.3, 0.4) is 0 Å². The Hall–Kier alpha value is -1.49. The highest BCUT2D eigenvalue weighted by Gasteiger charge is 2.39. The molecule has 1 heterocycles. The fourth-order valence-corrected chi connectivity index (χ4v) is 5.20. The van der Waals surface area contributed by atoms with Crippen molar-refractivity contribution in [2.75, 3.05) is 19.3 Å². The lowest BCUT2D eigenvalue weighted by atomic mass is 9.86. The zero-order chi connectivity index (χ0) is 20.3. The fourth-order valence-electron chi connectivity index (χ4n) is 4.16. The number of halogens is 1. The molecule has 2 aromatic rings. The van der Waals surface area contributed by atoms with E-state index >= 15 is 0 Å². The first-order valence-corrected chi connectivity index (χ1v) is 11.4. The summed E-state index contributed by atoms with van der Waals surface area (Å²) in [6.07, 6.45) is 4.41. The van der Waals surface area contributed by atoms with Gasteiger partial charge in [0.2, 0.25) is 0 Å². The number of thioether (sulfide) groups is 1. The van der Waals surface area contributed by atoms with Crippen molar-refractivity contribution in [3.05, 3.63) is 64.2 Å². The first-order valence-electron chi connectivity index (χ1n) is 9.79. The van der Waals surface area contributed by atoms with E-state index in [0.29, 0.717) is 5.02 Å². The SMILES string of the molecule is CSc1cc(Cl)cc(C)c1C(=O)NC(c1ccccc1)C(C)(C)N1CCCC1. The lowest BCUT2D eigenvalue weighted by molar-refractivity contribution is 0.0775. The highest BCUT2D eigenvalue weighted by atomic mass is 35.5. The second-order valence-electron chi connectivity index (χ2n) is 7.96. The Morgan fingerprint density at radius 1 is 1.18 bits per heavy atom. The van der Waals surface area contributed by atoms with Crippen molar-refractivity contribution in [2.45, 2.75) is 50.1 Å². The number of likely N-dealkylation sites (tertiary alicyclic amines) is 1. The van der Waals surface area contributed by atoms with E-state index in [-0.39, 0.29) is 17.5 Å². The van der Waals surface area contributed by atoms with E-state index in [2.05, 4.69) is 36.2 Å². The predicted molar refractivity (Wildman–Crippen MR) is 120 cm³/mol. The number of aryl methyl sites for hydroxylation is 1. The maximum atomic E-state index is 13.4. The summed E-state index contributed by atoms with van der Waals surface area (Å²) in [7, 11) is 0. The predicted octanol–water partition coefficient (Wildman–Crippen LogP) is 5.72. The zero-order valence-corrected chi connectivity index (χ0v) is 18.7. The van der Waals surface area contributed by atoms with Gasteiger partial charge in [-0.25, -0.2) is 0 Å². The van der Waals surface area contributed by atoms with Crippen LogP contribution >= 0.6 is 23.4 Å². The molecule has 0 aromatic heterocycles. The highest BCUT2D eigenvalue weighted by molar-refractivity contribution is 7.98. The Kier molecular flexibility index (Phi) is 6.74. The molecule has 1 aliphatic rings. The van der Waals surface area contributed by atoms with E-state index in [1.165, 1.54) is 12.8 Å². The van der Waals surface area contributed by atoms with E-state index in [9.17, 15) is 4.79 Å². The minimum Gasteiger partial charge on any atom is -0.343 e. The molecule has 1 fully saturated rings. The molecule has 2 aromatic carbocycles. The van der Waals surface area contributed by atoms with Crippen molar-refractivity contribution < 1.29 is 4.79 Å². The number of benzene rings is 2. The molecule has 1 saturated heterocycles. The molecule has 1 atom stereocenters. The van der Waals surface area contributed by atoms with Crippen LogP contribution in [-0.4, -0.2) is 35.7 Å². The van der Waals surface area contributed by atoms with Crippen LogP contribution in [0.4, 0.5) is 0 Å². The minimum atomic E-state index is -0.187. The molecule has 5 heteroatoms. The zero-order valence-electron chi connectivity index (χ0n) is 17.1. The van der Waals surface area contributed by atoms with Crippen LogP contribution < -0.4 is 5.32 Å². The number of hydrogen-bond donors (Lipinski definition) is 1. The molecule has 3 rings (SSSR count). The second-order valence-corrected chi connectivity index (χ2v) is 9.25. The number of carbonyl (C=O) groups is 1. The fraction of sp³-hybridized carbons (Fsp3) is 0.435. The maximum absolute atomic E-state index is 13.4. The van der Waals surface area contributed by atoms with Crippen LogP contribution in [0, 0.1) is 6.92 Å². The maximum Gasteiger partial charge on any atom is 0.253 e. The lowest BCUT2D eigenvalue weighted by Crippen LogP contribution is -2.52. The van der Waals surface area contributed by atoms with Crippen LogP contribution in [0.1, 0.15) is 54.2 Å². The standard InChI is InChI=1S/C23H29ClN2OS/c1-16-14-18(24)15-19(28-4)20(16)22(27)25-21(17-10-6-5-7-11-17)23(2,3)26-12-8-9-13-26/h5-7,10-11,14-15,21H,8-9,12-13H2,1-4H3,(H,25,27). The van der Waals surface area contributed by atoms with Gasteiger partial charge in [-0.1, -0.05) is 41.9 Å². The van der Waals surface area contributed by atoms with Crippen molar-refractivity contribution in [3.8, 4) is 0 Å². The van der Waals surface area contributed by atoms with Crippen LogP contribution in [0.5, 0.6) is 0 Å². The van der Waals surface area contributed by atoms with Gasteiger partial charge in [0.25, 0.3) is 5.91 Å². The summed E-state index contributed by atoms with van der Waals surface area (Å²) in [6, 6.07) is 13.9. The normalized spacial score (nSPS) is 16.2. The number of rotatable bonds is 6. The van der Waals surface area contributed by atoms with E-state index in [1.54, 1.807) is 11.8 Å². The molecule has 28 heavy (non-hydrogen) atoms. The molecule has 0 spiro atoms. The lowest BCUT2D eigenvalue weighted by Gasteiger charge is -2.42. The molecule has 1 unspecified atom stereocenters. The van der Waals surface area contributed by atoms with Crippen LogP contribution in [0.25, 0.3) is 0 Å². The van der Waals surface area contributed by atoms with Crippen molar-refractivity contribution >= 4 is 29.3 Å². The van der Waals surface area contributed by atoms with Crippen molar-refractivity contribution in [3.63, 3.8) is 0 Å². The smallest absolute Gasteiger partial charge is 0.253 e. The number of hydrogen-bond acceptors (Lipinski definition) is 3. The number of carbonyl (C=O) groups excluding carboxylic acids is 1.